The van der Waals surface area contributed by atoms with E-state index in [1.165, 1.54) is 78.9 Å². The zero-order valence-corrected chi connectivity index (χ0v) is 23.3. The van der Waals surface area contributed by atoms with Crippen LogP contribution in [-0.2, 0) is 0 Å². The zero-order valence-electron chi connectivity index (χ0n) is 21.7. The highest BCUT2D eigenvalue weighted by Gasteiger charge is 2.17. The van der Waals surface area contributed by atoms with Crippen molar-refractivity contribution in [1.29, 1.82) is 0 Å². The van der Waals surface area contributed by atoms with E-state index in [4.69, 9.17) is 4.42 Å². The molecule has 0 spiro atoms. The average Bonchev–Trinajstić information content (AvgIpc) is 3.67. The normalized spacial score (nSPS) is 12.1. The summed E-state index contributed by atoms with van der Waals surface area (Å²) in [5, 5.41) is 7.73. The Balaban J connectivity index is 1.32. The number of benzene rings is 6. The van der Waals surface area contributed by atoms with Crippen LogP contribution in [0.4, 0.5) is 0 Å². The first-order valence-electron chi connectivity index (χ1n) is 13.5. The molecular weight excluding hydrogens is 525 g/mol. The van der Waals surface area contributed by atoms with E-state index in [0.29, 0.717) is 0 Å². The largest absolute Gasteiger partial charge is 0.456 e. The quantitative estimate of drug-likeness (QED) is 0.210. The maximum atomic E-state index is 6.20. The van der Waals surface area contributed by atoms with Gasteiger partial charge in [0, 0.05) is 51.1 Å². The molecule has 0 aliphatic rings. The lowest BCUT2D eigenvalue weighted by molar-refractivity contribution is 0.669. The molecule has 40 heavy (non-hydrogen) atoms. The van der Waals surface area contributed by atoms with Crippen LogP contribution in [0.3, 0.4) is 0 Å². The smallest absolute Gasteiger partial charge is 0.135 e. The van der Waals surface area contributed by atoms with Crippen LogP contribution < -0.4 is 0 Å². The van der Waals surface area contributed by atoms with Crippen LogP contribution in [0.5, 0.6) is 0 Å². The molecule has 0 bridgehead atoms. The Bertz CT molecular complexity index is 2450. The molecule has 3 aromatic heterocycles. The molecule has 0 aliphatic carbocycles. The summed E-state index contributed by atoms with van der Waals surface area (Å²) in [6.45, 7) is 2.16. The van der Waals surface area contributed by atoms with Crippen molar-refractivity contribution < 1.29 is 4.42 Å². The first-order valence-corrected chi connectivity index (χ1v) is 15.1. The summed E-state index contributed by atoms with van der Waals surface area (Å²) >= 11 is 3.76. The molecule has 1 nitrogen and oxygen atoms in total. The number of aryl methyl sites for hydroxylation is 1. The zero-order chi connectivity index (χ0) is 26.4. The van der Waals surface area contributed by atoms with Crippen molar-refractivity contribution in [3.63, 3.8) is 0 Å². The molecule has 0 amide bonds. The van der Waals surface area contributed by atoms with E-state index in [-0.39, 0.29) is 0 Å². The molecule has 0 unspecified atom stereocenters. The van der Waals surface area contributed by atoms with Crippen LogP contribution in [0, 0.1) is 6.92 Å². The van der Waals surface area contributed by atoms with Crippen molar-refractivity contribution in [3.05, 3.63) is 121 Å². The topological polar surface area (TPSA) is 13.1 Å². The number of furan rings is 1. The van der Waals surface area contributed by atoms with Gasteiger partial charge in [0.1, 0.15) is 11.2 Å². The van der Waals surface area contributed by atoms with E-state index in [1.54, 1.807) is 0 Å². The maximum absolute atomic E-state index is 6.20. The van der Waals surface area contributed by atoms with Crippen LogP contribution >= 0.6 is 22.7 Å². The molecule has 0 N–H and O–H groups in total. The minimum Gasteiger partial charge on any atom is -0.456 e. The third kappa shape index (κ3) is 3.13. The van der Waals surface area contributed by atoms with Gasteiger partial charge < -0.3 is 4.42 Å². The van der Waals surface area contributed by atoms with E-state index in [2.05, 4.69) is 122 Å². The van der Waals surface area contributed by atoms with Crippen LogP contribution in [-0.4, -0.2) is 0 Å². The Hall–Kier alpha value is -4.44. The fourth-order valence-electron chi connectivity index (χ4n) is 6.41. The Labute approximate surface area is 238 Å². The van der Waals surface area contributed by atoms with Gasteiger partial charge in [0.2, 0.25) is 0 Å². The van der Waals surface area contributed by atoms with Crippen molar-refractivity contribution in [2.24, 2.45) is 0 Å². The van der Waals surface area contributed by atoms with Gasteiger partial charge in [-0.2, -0.15) is 0 Å². The molecule has 9 rings (SSSR count). The van der Waals surface area contributed by atoms with Gasteiger partial charge in [0.25, 0.3) is 0 Å². The summed E-state index contributed by atoms with van der Waals surface area (Å²) in [5.74, 6) is 0. The van der Waals surface area contributed by atoms with Crippen molar-refractivity contribution in [2.75, 3.05) is 0 Å². The van der Waals surface area contributed by atoms with Gasteiger partial charge in [-0.3, -0.25) is 0 Å². The summed E-state index contributed by atoms with van der Waals surface area (Å²) in [5.41, 5.74) is 8.18. The van der Waals surface area contributed by atoms with Crippen molar-refractivity contribution in [3.8, 4) is 22.3 Å². The molecule has 0 aliphatic heterocycles. The summed E-state index contributed by atoms with van der Waals surface area (Å²) in [4.78, 5) is 0. The number of hydrogen-bond acceptors (Lipinski definition) is 3. The third-order valence-electron chi connectivity index (χ3n) is 8.23. The number of thiophene rings is 2. The fourth-order valence-corrected chi connectivity index (χ4v) is 8.72. The Morgan fingerprint density at radius 1 is 0.450 bits per heavy atom. The summed E-state index contributed by atoms with van der Waals surface area (Å²) in [6, 6.07) is 42.1. The Morgan fingerprint density at radius 3 is 1.93 bits per heavy atom. The average molecular weight is 547 g/mol. The third-order valence-corrected chi connectivity index (χ3v) is 10.5. The first-order chi connectivity index (χ1) is 19.7. The lowest BCUT2D eigenvalue weighted by Gasteiger charge is -2.09. The van der Waals surface area contributed by atoms with Gasteiger partial charge >= 0.3 is 0 Å². The second-order valence-corrected chi connectivity index (χ2v) is 12.7. The number of rotatable bonds is 2. The molecule has 0 saturated heterocycles. The highest BCUT2D eigenvalue weighted by Crippen LogP contribution is 2.46. The summed E-state index contributed by atoms with van der Waals surface area (Å²) in [7, 11) is 0. The van der Waals surface area contributed by atoms with Crippen LogP contribution in [0.1, 0.15) is 5.56 Å². The number of fused-ring (bicyclic) bond motifs is 9. The Kier molecular flexibility index (Phi) is 4.63. The predicted molar refractivity (Wildman–Crippen MR) is 175 cm³/mol. The molecule has 188 valence electrons. The van der Waals surface area contributed by atoms with Crippen molar-refractivity contribution in [2.45, 2.75) is 6.92 Å². The van der Waals surface area contributed by atoms with Gasteiger partial charge in [0.05, 0.1) is 0 Å². The molecule has 0 fully saturated rings. The minimum absolute atomic E-state index is 0.938. The molecule has 3 heterocycles. The highest BCUT2D eigenvalue weighted by molar-refractivity contribution is 7.26. The molecule has 6 aromatic carbocycles. The highest BCUT2D eigenvalue weighted by atomic mass is 32.1. The van der Waals surface area contributed by atoms with Gasteiger partial charge in [-0.1, -0.05) is 72.8 Å². The lowest BCUT2D eigenvalue weighted by atomic mass is 9.93. The molecular formula is C37H22OS2. The van der Waals surface area contributed by atoms with Gasteiger partial charge in [0.15, 0.2) is 0 Å². The van der Waals surface area contributed by atoms with E-state index in [9.17, 15) is 0 Å². The van der Waals surface area contributed by atoms with E-state index >= 15 is 0 Å². The first kappa shape index (κ1) is 22.4. The molecule has 3 heteroatoms. The van der Waals surface area contributed by atoms with E-state index < -0.39 is 0 Å². The van der Waals surface area contributed by atoms with Crippen LogP contribution in [0.15, 0.2) is 120 Å². The van der Waals surface area contributed by atoms with Gasteiger partial charge in [-0.15, -0.1) is 22.7 Å². The van der Waals surface area contributed by atoms with Gasteiger partial charge in [-0.25, -0.2) is 0 Å². The second kappa shape index (κ2) is 8.28. The maximum Gasteiger partial charge on any atom is 0.135 e. The minimum atomic E-state index is 0.938. The summed E-state index contributed by atoms with van der Waals surface area (Å²) in [6.07, 6.45) is 0. The van der Waals surface area contributed by atoms with Gasteiger partial charge in [-0.05, 0) is 77.2 Å². The number of hydrogen-bond donors (Lipinski definition) is 0. The monoisotopic (exact) mass is 546 g/mol. The fraction of sp³-hybridized carbons (Fsp3) is 0.0270. The lowest BCUT2D eigenvalue weighted by Crippen LogP contribution is -1.83. The van der Waals surface area contributed by atoms with Crippen molar-refractivity contribution >= 4 is 85.0 Å². The standard InChI is InChI=1S/C37H22OS2/c1-21-7-4-11-30-35(21)28-19-22(16-18-29(28)38-30)24-9-5-13-32-36(24)37-25(10-6-14-33(37)40-32)23-15-17-27-26-8-2-3-12-31(26)39-34(27)20-23/h2-20H,1H3. The predicted octanol–water partition coefficient (Wildman–Crippen LogP) is 12.0. The Morgan fingerprint density at radius 2 is 1.10 bits per heavy atom. The van der Waals surface area contributed by atoms with E-state index in [0.717, 1.165) is 11.2 Å². The molecule has 0 radical (unpaired) electrons. The van der Waals surface area contributed by atoms with Crippen LogP contribution in [0.2, 0.25) is 0 Å². The molecule has 0 atom stereocenters. The second-order valence-electron chi connectivity index (χ2n) is 10.5. The van der Waals surface area contributed by atoms with E-state index in [1.807, 2.05) is 22.7 Å². The van der Waals surface area contributed by atoms with Crippen molar-refractivity contribution in [1.82, 2.24) is 0 Å². The summed E-state index contributed by atoms with van der Waals surface area (Å²) < 4.78 is 11.5. The molecule has 0 saturated carbocycles. The molecule has 9 aromatic rings. The van der Waals surface area contributed by atoms with Crippen LogP contribution in [0.25, 0.3) is 84.5 Å². The SMILES string of the molecule is Cc1cccc2oc3ccc(-c4cccc5sc6cccc(-c7ccc8c(c7)sc7ccccc78)c6c45)cc3c12.